The van der Waals surface area contributed by atoms with Gasteiger partial charge in [0.05, 0.1) is 5.69 Å². The van der Waals surface area contributed by atoms with Gasteiger partial charge in [-0.25, -0.2) is 9.97 Å². The van der Waals surface area contributed by atoms with Gasteiger partial charge in [0.15, 0.2) is 0 Å². The molecule has 3 nitrogen and oxygen atoms in total. The fourth-order valence-corrected chi connectivity index (χ4v) is 4.13. The second-order valence-corrected chi connectivity index (χ2v) is 5.86. The largest absolute Gasteiger partial charge is 0.368 e. The molecule has 0 amide bonds. The summed E-state index contributed by atoms with van der Waals surface area (Å²) in [5.74, 6) is 2.62. The lowest BCUT2D eigenvalue weighted by atomic mass is 9.71. The second-order valence-electron chi connectivity index (χ2n) is 5.86. The summed E-state index contributed by atoms with van der Waals surface area (Å²) >= 11 is 0. The SMILES string of the molecule is CCC[C@@H]1C[C@@H]2CCc3nc(N)nc(c32)[C@H]1CC. The van der Waals surface area contributed by atoms with Crippen LogP contribution in [0.3, 0.4) is 0 Å². The van der Waals surface area contributed by atoms with Gasteiger partial charge in [-0.15, -0.1) is 0 Å². The third-order valence-electron chi connectivity index (χ3n) is 4.82. The summed E-state index contributed by atoms with van der Waals surface area (Å²) in [6.45, 7) is 4.57. The van der Waals surface area contributed by atoms with Crippen LogP contribution in [0, 0.1) is 5.92 Å². The van der Waals surface area contributed by atoms with Crippen LogP contribution in [0.25, 0.3) is 0 Å². The van der Waals surface area contributed by atoms with E-state index in [-0.39, 0.29) is 0 Å². The highest BCUT2D eigenvalue weighted by Crippen LogP contribution is 2.50. The predicted molar refractivity (Wildman–Crippen MR) is 73.6 cm³/mol. The highest BCUT2D eigenvalue weighted by Gasteiger charge is 2.39. The molecule has 0 aromatic carbocycles. The van der Waals surface area contributed by atoms with Crippen LogP contribution in [0.2, 0.25) is 0 Å². The molecule has 1 aromatic heterocycles. The number of anilines is 1. The molecule has 0 unspecified atom stereocenters. The third kappa shape index (κ3) is 1.72. The Bertz CT molecular complexity index is 455. The topological polar surface area (TPSA) is 51.8 Å². The smallest absolute Gasteiger partial charge is 0.220 e. The van der Waals surface area contributed by atoms with Crippen molar-refractivity contribution in [2.75, 3.05) is 5.73 Å². The molecule has 3 atom stereocenters. The number of nitrogens with zero attached hydrogens (tertiary/aromatic N) is 2. The van der Waals surface area contributed by atoms with E-state index < -0.39 is 0 Å². The minimum Gasteiger partial charge on any atom is -0.368 e. The van der Waals surface area contributed by atoms with Gasteiger partial charge in [-0.05, 0) is 43.1 Å². The van der Waals surface area contributed by atoms with Gasteiger partial charge in [0.1, 0.15) is 0 Å². The van der Waals surface area contributed by atoms with Crippen LogP contribution in [0.1, 0.15) is 74.7 Å². The Morgan fingerprint density at radius 1 is 1.28 bits per heavy atom. The zero-order chi connectivity index (χ0) is 12.7. The third-order valence-corrected chi connectivity index (χ3v) is 4.82. The van der Waals surface area contributed by atoms with Crippen molar-refractivity contribution < 1.29 is 0 Å². The molecule has 2 aliphatic carbocycles. The molecule has 3 heteroatoms. The van der Waals surface area contributed by atoms with E-state index in [0.717, 1.165) is 18.3 Å². The minimum atomic E-state index is 0.486. The zero-order valence-electron chi connectivity index (χ0n) is 11.4. The normalized spacial score (nSPS) is 29.3. The van der Waals surface area contributed by atoms with Crippen LogP contribution in [0.4, 0.5) is 5.95 Å². The van der Waals surface area contributed by atoms with Gasteiger partial charge in [0.25, 0.3) is 0 Å². The number of aromatic nitrogens is 2. The highest BCUT2D eigenvalue weighted by atomic mass is 15.0. The summed E-state index contributed by atoms with van der Waals surface area (Å²) in [5.41, 5.74) is 9.91. The van der Waals surface area contributed by atoms with Crippen LogP contribution >= 0.6 is 0 Å². The maximum atomic E-state index is 5.89. The molecule has 3 rings (SSSR count). The molecule has 0 radical (unpaired) electrons. The summed E-state index contributed by atoms with van der Waals surface area (Å²) < 4.78 is 0. The molecule has 2 aliphatic rings. The monoisotopic (exact) mass is 245 g/mol. The summed E-state index contributed by atoms with van der Waals surface area (Å²) in [4.78, 5) is 9.07. The second kappa shape index (κ2) is 4.52. The fourth-order valence-electron chi connectivity index (χ4n) is 4.13. The molecule has 18 heavy (non-hydrogen) atoms. The lowest BCUT2D eigenvalue weighted by Gasteiger charge is -2.35. The maximum absolute atomic E-state index is 5.89. The van der Waals surface area contributed by atoms with E-state index in [9.17, 15) is 0 Å². The zero-order valence-corrected chi connectivity index (χ0v) is 11.4. The standard InChI is InChI=1S/C15H23N3/c1-3-5-9-8-10-6-7-12-13(10)14(11(9)4-2)18-15(16)17-12/h9-11H,3-8H2,1-2H3,(H2,16,17,18)/t9-,10+,11+/m1/s1. The lowest BCUT2D eigenvalue weighted by Crippen LogP contribution is -2.24. The number of hydrogen-bond donors (Lipinski definition) is 1. The molecule has 0 saturated heterocycles. The van der Waals surface area contributed by atoms with Crippen molar-refractivity contribution in [1.82, 2.24) is 9.97 Å². The van der Waals surface area contributed by atoms with Gasteiger partial charge in [-0.1, -0.05) is 26.7 Å². The number of aryl methyl sites for hydroxylation is 1. The molecular formula is C15H23N3. The van der Waals surface area contributed by atoms with Gasteiger partial charge in [0.2, 0.25) is 5.95 Å². The van der Waals surface area contributed by atoms with E-state index in [4.69, 9.17) is 5.73 Å². The van der Waals surface area contributed by atoms with Crippen LogP contribution in [0.15, 0.2) is 0 Å². The Kier molecular flexibility index (Phi) is 3.00. The van der Waals surface area contributed by atoms with Gasteiger partial charge in [-0.3, -0.25) is 0 Å². The first-order valence-corrected chi connectivity index (χ1v) is 7.40. The van der Waals surface area contributed by atoms with Crippen molar-refractivity contribution in [3.05, 3.63) is 17.0 Å². The first-order chi connectivity index (χ1) is 8.74. The van der Waals surface area contributed by atoms with Gasteiger partial charge in [0, 0.05) is 11.6 Å². The fraction of sp³-hybridized carbons (Fsp3) is 0.733. The molecule has 0 fully saturated rings. The Labute approximate surface area is 109 Å². The van der Waals surface area contributed by atoms with Crippen LogP contribution in [-0.4, -0.2) is 9.97 Å². The number of rotatable bonds is 3. The Balaban J connectivity index is 2.07. The van der Waals surface area contributed by atoms with Crippen molar-refractivity contribution >= 4 is 5.95 Å². The summed E-state index contributed by atoms with van der Waals surface area (Å²) in [6.07, 6.45) is 7.50. The van der Waals surface area contributed by atoms with Crippen LogP contribution in [-0.2, 0) is 6.42 Å². The van der Waals surface area contributed by atoms with E-state index >= 15 is 0 Å². The summed E-state index contributed by atoms with van der Waals surface area (Å²) in [6, 6.07) is 0. The predicted octanol–water partition coefficient (Wildman–Crippen LogP) is 3.40. The molecule has 2 N–H and O–H groups in total. The Morgan fingerprint density at radius 3 is 2.83 bits per heavy atom. The van der Waals surface area contributed by atoms with E-state index in [1.165, 1.54) is 49.1 Å². The van der Waals surface area contributed by atoms with Gasteiger partial charge >= 0.3 is 0 Å². The van der Waals surface area contributed by atoms with Crippen molar-refractivity contribution in [3.8, 4) is 0 Å². The molecule has 0 saturated carbocycles. The number of hydrogen-bond acceptors (Lipinski definition) is 3. The summed E-state index contributed by atoms with van der Waals surface area (Å²) in [7, 11) is 0. The summed E-state index contributed by atoms with van der Waals surface area (Å²) in [5, 5.41) is 0. The molecule has 0 spiro atoms. The first kappa shape index (κ1) is 11.9. The molecular weight excluding hydrogens is 222 g/mol. The number of nitrogen functional groups attached to an aromatic ring is 1. The average molecular weight is 245 g/mol. The molecule has 0 aliphatic heterocycles. The van der Waals surface area contributed by atoms with E-state index in [1.807, 2.05) is 0 Å². The molecule has 98 valence electrons. The minimum absolute atomic E-state index is 0.486. The van der Waals surface area contributed by atoms with E-state index in [1.54, 1.807) is 0 Å². The molecule has 0 bridgehead atoms. The van der Waals surface area contributed by atoms with Crippen molar-refractivity contribution in [3.63, 3.8) is 0 Å². The van der Waals surface area contributed by atoms with Crippen molar-refractivity contribution in [2.45, 2.75) is 64.2 Å². The Morgan fingerprint density at radius 2 is 2.11 bits per heavy atom. The first-order valence-electron chi connectivity index (χ1n) is 7.40. The van der Waals surface area contributed by atoms with E-state index in [0.29, 0.717) is 11.9 Å². The molecule has 1 aromatic rings. The van der Waals surface area contributed by atoms with Crippen molar-refractivity contribution in [1.29, 1.82) is 0 Å². The van der Waals surface area contributed by atoms with Gasteiger partial charge < -0.3 is 5.73 Å². The van der Waals surface area contributed by atoms with Crippen LogP contribution in [0.5, 0.6) is 0 Å². The highest BCUT2D eigenvalue weighted by molar-refractivity contribution is 5.42. The van der Waals surface area contributed by atoms with Gasteiger partial charge in [-0.2, -0.15) is 0 Å². The van der Waals surface area contributed by atoms with Crippen molar-refractivity contribution in [2.24, 2.45) is 5.92 Å². The maximum Gasteiger partial charge on any atom is 0.220 e. The van der Waals surface area contributed by atoms with Crippen LogP contribution < -0.4 is 5.73 Å². The number of nitrogens with two attached hydrogens (primary N) is 1. The molecule has 1 heterocycles. The Hall–Kier alpha value is -1.12. The quantitative estimate of drug-likeness (QED) is 0.888. The van der Waals surface area contributed by atoms with E-state index in [2.05, 4.69) is 23.8 Å². The average Bonchev–Trinajstić information content (AvgIpc) is 2.73. The lowest BCUT2D eigenvalue weighted by molar-refractivity contribution is 0.302.